The van der Waals surface area contributed by atoms with Crippen LogP contribution in [0.1, 0.15) is 38.7 Å². The van der Waals surface area contributed by atoms with Gasteiger partial charge in [-0.3, -0.25) is 19.1 Å². The van der Waals surface area contributed by atoms with Gasteiger partial charge in [0, 0.05) is 13.0 Å². The van der Waals surface area contributed by atoms with Crippen LogP contribution in [0.3, 0.4) is 0 Å². The van der Waals surface area contributed by atoms with Crippen LogP contribution in [0.15, 0.2) is 39.9 Å². The molecule has 0 aliphatic carbocycles. The molecule has 3 N–H and O–H groups in total. The monoisotopic (exact) mass is 344 g/mol. The number of anilines is 2. The molecule has 0 aliphatic heterocycles. The van der Waals surface area contributed by atoms with Crippen molar-refractivity contribution in [1.82, 2.24) is 9.55 Å². The van der Waals surface area contributed by atoms with Crippen LogP contribution in [0.4, 0.5) is 11.5 Å². The van der Waals surface area contributed by atoms with Crippen molar-refractivity contribution in [2.75, 3.05) is 17.2 Å². The molecule has 2 rings (SSSR count). The maximum absolute atomic E-state index is 12.4. The lowest BCUT2D eigenvalue weighted by Gasteiger charge is -2.23. The van der Waals surface area contributed by atoms with Crippen LogP contribution in [-0.2, 0) is 11.3 Å². The summed E-state index contributed by atoms with van der Waals surface area (Å²) in [4.78, 5) is 40.5. The van der Waals surface area contributed by atoms with Crippen molar-refractivity contribution in [2.45, 2.75) is 39.7 Å². The van der Waals surface area contributed by atoms with Gasteiger partial charge in [0.1, 0.15) is 5.82 Å². The Kier molecular flexibility index (Phi) is 6.16. The highest BCUT2D eigenvalue weighted by molar-refractivity contribution is 5.95. The van der Waals surface area contributed by atoms with Crippen molar-refractivity contribution in [2.24, 2.45) is 0 Å². The van der Waals surface area contributed by atoms with Gasteiger partial charge in [-0.15, -0.1) is 0 Å². The SMILES string of the molecule is CCCCC(=O)N(CC)c1c(N)n(Cc2ccccc2)c(=O)[nH]c1=O. The number of nitrogens with zero attached hydrogens (tertiary/aromatic N) is 2. The number of aromatic nitrogens is 2. The maximum atomic E-state index is 12.4. The number of carbonyl (C=O) groups excluding carboxylic acids is 1. The highest BCUT2D eigenvalue weighted by atomic mass is 16.2. The van der Waals surface area contributed by atoms with Crippen LogP contribution in [0.25, 0.3) is 0 Å². The molecule has 0 spiro atoms. The second-order valence-electron chi connectivity index (χ2n) is 5.81. The average Bonchev–Trinajstić information content (AvgIpc) is 2.61. The number of aromatic amines is 1. The number of benzene rings is 1. The summed E-state index contributed by atoms with van der Waals surface area (Å²) in [6, 6.07) is 9.31. The zero-order valence-corrected chi connectivity index (χ0v) is 14.6. The number of unbranched alkanes of at least 4 members (excludes halogenated alkanes) is 1. The smallest absolute Gasteiger partial charge is 0.330 e. The van der Waals surface area contributed by atoms with Gasteiger partial charge in [0.05, 0.1) is 6.54 Å². The number of nitrogen functional groups attached to an aromatic ring is 1. The van der Waals surface area contributed by atoms with Gasteiger partial charge in [0.2, 0.25) is 5.91 Å². The average molecular weight is 344 g/mol. The first kappa shape index (κ1) is 18.5. The van der Waals surface area contributed by atoms with Gasteiger partial charge in [-0.05, 0) is 18.9 Å². The molecule has 1 heterocycles. The topological polar surface area (TPSA) is 101 Å². The minimum absolute atomic E-state index is 0.00398. The molecule has 134 valence electrons. The molecule has 0 unspecified atom stereocenters. The molecule has 0 saturated carbocycles. The molecule has 0 atom stereocenters. The van der Waals surface area contributed by atoms with Gasteiger partial charge in [-0.25, -0.2) is 4.79 Å². The molecule has 0 bridgehead atoms. The van der Waals surface area contributed by atoms with Crippen LogP contribution in [-0.4, -0.2) is 22.0 Å². The molecule has 1 aromatic heterocycles. The lowest BCUT2D eigenvalue weighted by Crippen LogP contribution is -2.41. The third kappa shape index (κ3) is 4.17. The van der Waals surface area contributed by atoms with E-state index in [4.69, 9.17) is 5.73 Å². The van der Waals surface area contributed by atoms with Gasteiger partial charge in [-0.2, -0.15) is 0 Å². The molecule has 7 heteroatoms. The van der Waals surface area contributed by atoms with Gasteiger partial charge >= 0.3 is 5.69 Å². The number of carbonyl (C=O) groups is 1. The summed E-state index contributed by atoms with van der Waals surface area (Å²) in [5.41, 5.74) is 5.80. The Hall–Kier alpha value is -2.83. The van der Waals surface area contributed by atoms with Crippen molar-refractivity contribution < 1.29 is 4.79 Å². The summed E-state index contributed by atoms with van der Waals surface area (Å²) in [5, 5.41) is 0. The molecule has 0 aliphatic rings. The molecule has 1 aromatic carbocycles. The van der Waals surface area contributed by atoms with E-state index in [1.807, 2.05) is 37.3 Å². The lowest BCUT2D eigenvalue weighted by atomic mass is 10.2. The fourth-order valence-corrected chi connectivity index (χ4v) is 2.68. The number of amides is 1. The van der Waals surface area contributed by atoms with E-state index in [1.165, 1.54) is 9.47 Å². The second-order valence-corrected chi connectivity index (χ2v) is 5.81. The van der Waals surface area contributed by atoms with E-state index in [-0.39, 0.29) is 24.0 Å². The van der Waals surface area contributed by atoms with E-state index in [1.54, 1.807) is 6.92 Å². The molecule has 25 heavy (non-hydrogen) atoms. The minimum Gasteiger partial charge on any atom is -0.383 e. The van der Waals surface area contributed by atoms with Crippen LogP contribution in [0, 0.1) is 0 Å². The first-order valence-corrected chi connectivity index (χ1v) is 8.46. The van der Waals surface area contributed by atoms with Gasteiger partial charge in [0.25, 0.3) is 5.56 Å². The van der Waals surface area contributed by atoms with Crippen molar-refractivity contribution in [1.29, 1.82) is 0 Å². The van der Waals surface area contributed by atoms with E-state index in [9.17, 15) is 14.4 Å². The summed E-state index contributed by atoms with van der Waals surface area (Å²) in [5.74, 6) is -0.171. The Labute approximate surface area is 146 Å². The number of nitrogens with one attached hydrogen (secondary N) is 1. The van der Waals surface area contributed by atoms with Crippen LogP contribution >= 0.6 is 0 Å². The zero-order valence-electron chi connectivity index (χ0n) is 14.6. The first-order chi connectivity index (χ1) is 12.0. The molecule has 1 amide bonds. The summed E-state index contributed by atoms with van der Waals surface area (Å²) < 4.78 is 1.28. The molecular formula is C18H24N4O3. The number of nitrogens with two attached hydrogens (primary N) is 1. The second kappa shape index (κ2) is 8.32. The molecule has 0 saturated heterocycles. The first-order valence-electron chi connectivity index (χ1n) is 8.46. The number of hydrogen-bond acceptors (Lipinski definition) is 4. The van der Waals surface area contributed by atoms with E-state index in [0.717, 1.165) is 18.4 Å². The standard InChI is InChI=1S/C18H24N4O3/c1-3-5-11-14(23)21(4-2)15-16(19)22(18(25)20-17(15)24)12-13-9-7-6-8-10-13/h6-10H,3-5,11-12,19H2,1-2H3,(H,20,24,25). The number of H-pyrrole nitrogens is 1. The van der Waals surface area contributed by atoms with Crippen molar-refractivity contribution in [3.63, 3.8) is 0 Å². The van der Waals surface area contributed by atoms with E-state index >= 15 is 0 Å². The number of rotatable bonds is 7. The Morgan fingerprint density at radius 3 is 2.48 bits per heavy atom. The lowest BCUT2D eigenvalue weighted by molar-refractivity contribution is -0.118. The fourth-order valence-electron chi connectivity index (χ4n) is 2.68. The van der Waals surface area contributed by atoms with Gasteiger partial charge in [-0.1, -0.05) is 43.7 Å². The molecule has 7 nitrogen and oxygen atoms in total. The van der Waals surface area contributed by atoms with E-state index in [2.05, 4.69) is 4.98 Å². The highest BCUT2D eigenvalue weighted by Crippen LogP contribution is 2.19. The normalized spacial score (nSPS) is 10.6. The largest absolute Gasteiger partial charge is 0.383 e. The summed E-state index contributed by atoms with van der Waals surface area (Å²) >= 11 is 0. The van der Waals surface area contributed by atoms with E-state index in [0.29, 0.717) is 13.0 Å². The molecule has 2 aromatic rings. The van der Waals surface area contributed by atoms with Crippen LogP contribution in [0.2, 0.25) is 0 Å². The highest BCUT2D eigenvalue weighted by Gasteiger charge is 2.22. The third-order valence-electron chi connectivity index (χ3n) is 4.03. The molecular weight excluding hydrogens is 320 g/mol. The van der Waals surface area contributed by atoms with E-state index < -0.39 is 11.2 Å². The van der Waals surface area contributed by atoms with Crippen LogP contribution in [0.5, 0.6) is 0 Å². The quantitative estimate of drug-likeness (QED) is 0.798. The Balaban J connectivity index is 2.48. The Morgan fingerprint density at radius 1 is 1.20 bits per heavy atom. The predicted octanol–water partition coefficient (Wildman–Crippen LogP) is 1.71. The van der Waals surface area contributed by atoms with Gasteiger partial charge in [0.15, 0.2) is 5.69 Å². The van der Waals surface area contributed by atoms with Crippen molar-refractivity contribution in [3.8, 4) is 0 Å². The zero-order chi connectivity index (χ0) is 18.4. The fraction of sp³-hybridized carbons (Fsp3) is 0.389. The third-order valence-corrected chi connectivity index (χ3v) is 4.03. The van der Waals surface area contributed by atoms with Crippen molar-refractivity contribution >= 4 is 17.4 Å². The summed E-state index contributed by atoms with van der Waals surface area (Å²) in [6.07, 6.45) is 1.94. The molecule has 0 fully saturated rings. The Morgan fingerprint density at radius 2 is 1.88 bits per heavy atom. The number of hydrogen-bond donors (Lipinski definition) is 2. The van der Waals surface area contributed by atoms with Gasteiger partial charge < -0.3 is 10.6 Å². The summed E-state index contributed by atoms with van der Waals surface area (Å²) in [7, 11) is 0. The predicted molar refractivity (Wildman–Crippen MR) is 98.8 cm³/mol. The molecule has 0 radical (unpaired) electrons. The van der Waals surface area contributed by atoms with Crippen LogP contribution < -0.4 is 21.9 Å². The maximum Gasteiger partial charge on any atom is 0.330 e. The Bertz CT molecular complexity index is 840. The minimum atomic E-state index is -0.640. The summed E-state index contributed by atoms with van der Waals surface area (Å²) in [6.45, 7) is 4.29. The van der Waals surface area contributed by atoms with Crippen molar-refractivity contribution in [3.05, 3.63) is 56.7 Å².